The van der Waals surface area contributed by atoms with Crippen molar-refractivity contribution in [1.82, 2.24) is 9.55 Å². The van der Waals surface area contributed by atoms with Crippen LogP contribution in [0.1, 0.15) is 15.9 Å². The summed E-state index contributed by atoms with van der Waals surface area (Å²) in [6.07, 6.45) is 5.45. The molecular formula is C18H14N4O3. The van der Waals surface area contributed by atoms with Crippen molar-refractivity contribution in [2.75, 3.05) is 11.4 Å². The van der Waals surface area contributed by atoms with Crippen LogP contribution in [0, 0.1) is 10.1 Å². The molecule has 0 aliphatic carbocycles. The molecule has 0 N–H and O–H groups in total. The van der Waals surface area contributed by atoms with E-state index in [2.05, 4.69) is 4.98 Å². The summed E-state index contributed by atoms with van der Waals surface area (Å²) in [6.45, 7) is 0.579. The van der Waals surface area contributed by atoms with Gasteiger partial charge in [-0.05, 0) is 30.2 Å². The Hall–Kier alpha value is -3.48. The minimum absolute atomic E-state index is 0.128. The third-order valence-corrected chi connectivity index (χ3v) is 4.33. The van der Waals surface area contributed by atoms with Crippen LogP contribution >= 0.6 is 0 Å². The smallest absolute Gasteiger partial charge is 0.294 e. The predicted molar refractivity (Wildman–Crippen MR) is 92.0 cm³/mol. The zero-order valence-corrected chi connectivity index (χ0v) is 13.2. The third kappa shape index (κ3) is 2.55. The Morgan fingerprint density at radius 3 is 2.76 bits per heavy atom. The lowest BCUT2D eigenvalue weighted by atomic mass is 10.1. The fraction of sp³-hybridized carbons (Fsp3) is 0.111. The Morgan fingerprint density at radius 1 is 1.16 bits per heavy atom. The van der Waals surface area contributed by atoms with Crippen LogP contribution in [-0.4, -0.2) is 26.9 Å². The summed E-state index contributed by atoms with van der Waals surface area (Å²) < 4.78 is 1.55. The van der Waals surface area contributed by atoms with Gasteiger partial charge in [0, 0.05) is 36.3 Å². The standard InChI is InChI=1S/C18H14N4O3/c23-18(21-9-7-13-3-1-2-4-15(13)21)14-5-6-16(17(11-14)22(24)25)20-10-8-19-12-20/h1-6,8,10-12H,7,9H2. The first-order chi connectivity index (χ1) is 12.1. The van der Waals surface area contributed by atoms with Crippen molar-refractivity contribution in [3.05, 3.63) is 82.4 Å². The Labute approximate surface area is 143 Å². The summed E-state index contributed by atoms with van der Waals surface area (Å²) in [5.41, 5.74) is 2.53. The molecule has 2 aromatic carbocycles. The number of benzene rings is 2. The highest BCUT2D eigenvalue weighted by molar-refractivity contribution is 6.07. The van der Waals surface area contributed by atoms with Crippen LogP contribution in [-0.2, 0) is 6.42 Å². The highest BCUT2D eigenvalue weighted by Crippen LogP contribution is 2.30. The number of nitro groups is 1. The lowest BCUT2D eigenvalue weighted by molar-refractivity contribution is -0.384. The molecule has 0 saturated heterocycles. The molecule has 7 heteroatoms. The van der Waals surface area contributed by atoms with Gasteiger partial charge in [0.15, 0.2) is 0 Å². The van der Waals surface area contributed by atoms with Crippen LogP contribution in [0.4, 0.5) is 11.4 Å². The molecular weight excluding hydrogens is 320 g/mol. The molecule has 0 saturated carbocycles. The lowest BCUT2D eigenvalue weighted by Crippen LogP contribution is -2.28. The van der Waals surface area contributed by atoms with Crippen LogP contribution < -0.4 is 4.90 Å². The van der Waals surface area contributed by atoms with E-state index in [0.717, 1.165) is 17.7 Å². The van der Waals surface area contributed by atoms with Gasteiger partial charge in [-0.25, -0.2) is 4.98 Å². The molecule has 1 aliphatic heterocycles. The second kappa shape index (κ2) is 5.86. The van der Waals surface area contributed by atoms with Gasteiger partial charge in [-0.15, -0.1) is 0 Å². The average molecular weight is 334 g/mol. The van der Waals surface area contributed by atoms with E-state index in [-0.39, 0.29) is 11.6 Å². The first-order valence-corrected chi connectivity index (χ1v) is 7.81. The molecule has 0 atom stereocenters. The second-order valence-electron chi connectivity index (χ2n) is 5.77. The van der Waals surface area contributed by atoms with Crippen molar-refractivity contribution in [2.45, 2.75) is 6.42 Å². The second-order valence-corrected chi connectivity index (χ2v) is 5.77. The molecule has 0 spiro atoms. The van der Waals surface area contributed by atoms with E-state index in [1.165, 1.54) is 12.4 Å². The molecule has 1 aliphatic rings. The maximum Gasteiger partial charge on any atom is 0.294 e. The van der Waals surface area contributed by atoms with Crippen molar-refractivity contribution in [2.24, 2.45) is 0 Å². The average Bonchev–Trinajstić information content (AvgIpc) is 3.30. The Balaban J connectivity index is 1.73. The Kier molecular flexibility index (Phi) is 3.53. The van der Waals surface area contributed by atoms with Crippen LogP contribution in [0.15, 0.2) is 61.2 Å². The number of amides is 1. The molecule has 4 rings (SSSR count). The lowest BCUT2D eigenvalue weighted by Gasteiger charge is -2.17. The molecule has 0 fully saturated rings. The molecule has 0 bridgehead atoms. The number of para-hydroxylation sites is 1. The van der Waals surface area contributed by atoms with E-state index in [1.54, 1.807) is 34.0 Å². The largest absolute Gasteiger partial charge is 0.308 e. The zero-order valence-electron chi connectivity index (χ0n) is 13.2. The number of imidazole rings is 1. The highest BCUT2D eigenvalue weighted by Gasteiger charge is 2.27. The maximum atomic E-state index is 12.9. The van der Waals surface area contributed by atoms with Crippen molar-refractivity contribution in [3.63, 3.8) is 0 Å². The summed E-state index contributed by atoms with van der Waals surface area (Å²) >= 11 is 0. The molecule has 25 heavy (non-hydrogen) atoms. The minimum atomic E-state index is -0.482. The SMILES string of the molecule is O=C(c1ccc(-n2ccnc2)c([N+](=O)[O-])c1)N1CCc2ccccc21. The van der Waals surface area contributed by atoms with Gasteiger partial charge in [-0.2, -0.15) is 0 Å². The summed E-state index contributed by atoms with van der Waals surface area (Å²) in [6, 6.07) is 12.2. The third-order valence-electron chi connectivity index (χ3n) is 4.33. The number of carbonyl (C=O) groups is 1. The van der Waals surface area contributed by atoms with Gasteiger partial charge < -0.3 is 9.47 Å². The number of anilines is 1. The van der Waals surface area contributed by atoms with Gasteiger partial charge in [0.2, 0.25) is 0 Å². The van der Waals surface area contributed by atoms with Crippen LogP contribution in [0.5, 0.6) is 0 Å². The highest BCUT2D eigenvalue weighted by atomic mass is 16.6. The van der Waals surface area contributed by atoms with Crippen LogP contribution in [0.25, 0.3) is 5.69 Å². The monoisotopic (exact) mass is 334 g/mol. The van der Waals surface area contributed by atoms with E-state index in [4.69, 9.17) is 0 Å². The van der Waals surface area contributed by atoms with Crippen molar-refractivity contribution >= 4 is 17.3 Å². The topological polar surface area (TPSA) is 81.3 Å². The van der Waals surface area contributed by atoms with Crippen molar-refractivity contribution in [1.29, 1.82) is 0 Å². The minimum Gasteiger partial charge on any atom is -0.308 e. The molecule has 7 nitrogen and oxygen atoms in total. The first-order valence-electron chi connectivity index (χ1n) is 7.81. The normalized spacial score (nSPS) is 12.9. The summed E-state index contributed by atoms with van der Waals surface area (Å²) in [5.74, 6) is -0.231. The summed E-state index contributed by atoms with van der Waals surface area (Å²) in [4.78, 5) is 29.4. The van der Waals surface area contributed by atoms with Crippen molar-refractivity contribution < 1.29 is 9.72 Å². The number of fused-ring (bicyclic) bond motifs is 1. The summed E-state index contributed by atoms with van der Waals surface area (Å²) in [5, 5.41) is 11.5. The molecule has 1 aromatic heterocycles. The number of aromatic nitrogens is 2. The number of nitro benzene ring substituents is 1. The zero-order chi connectivity index (χ0) is 17.4. The molecule has 1 amide bonds. The predicted octanol–water partition coefficient (Wildman–Crippen LogP) is 2.98. The van der Waals surface area contributed by atoms with Gasteiger partial charge in [0.05, 0.1) is 11.3 Å². The fourth-order valence-electron chi connectivity index (χ4n) is 3.13. The molecule has 0 unspecified atom stereocenters. The maximum absolute atomic E-state index is 12.9. The number of hydrogen-bond acceptors (Lipinski definition) is 4. The van der Waals surface area contributed by atoms with Crippen molar-refractivity contribution in [3.8, 4) is 5.69 Å². The van der Waals surface area contributed by atoms with E-state index < -0.39 is 4.92 Å². The Morgan fingerprint density at radius 2 is 2.00 bits per heavy atom. The quantitative estimate of drug-likeness (QED) is 0.545. The molecule has 0 radical (unpaired) electrons. The number of nitrogens with zero attached hydrogens (tertiary/aromatic N) is 4. The molecule has 3 aromatic rings. The van der Waals surface area contributed by atoms with Gasteiger partial charge in [0.25, 0.3) is 11.6 Å². The Bertz CT molecular complexity index is 966. The van der Waals surface area contributed by atoms with Gasteiger partial charge in [0.1, 0.15) is 5.69 Å². The first kappa shape index (κ1) is 15.1. The van der Waals surface area contributed by atoms with Crippen LogP contribution in [0.2, 0.25) is 0 Å². The van der Waals surface area contributed by atoms with E-state index >= 15 is 0 Å². The summed E-state index contributed by atoms with van der Waals surface area (Å²) in [7, 11) is 0. The number of carbonyl (C=O) groups excluding carboxylic acids is 1. The van der Waals surface area contributed by atoms with Gasteiger partial charge >= 0.3 is 0 Å². The van der Waals surface area contributed by atoms with Gasteiger partial charge in [-0.3, -0.25) is 14.9 Å². The fourth-order valence-corrected chi connectivity index (χ4v) is 3.13. The van der Waals surface area contributed by atoms with Gasteiger partial charge in [-0.1, -0.05) is 18.2 Å². The van der Waals surface area contributed by atoms with E-state index in [0.29, 0.717) is 17.8 Å². The van der Waals surface area contributed by atoms with E-state index in [9.17, 15) is 14.9 Å². The number of hydrogen-bond donors (Lipinski definition) is 0. The van der Waals surface area contributed by atoms with E-state index in [1.807, 2.05) is 24.3 Å². The molecule has 2 heterocycles. The number of rotatable bonds is 3. The molecule has 124 valence electrons. The van der Waals surface area contributed by atoms with Crippen LogP contribution in [0.3, 0.4) is 0 Å².